The number of ether oxygens (including phenoxy) is 1. The van der Waals surface area contributed by atoms with E-state index in [0.717, 1.165) is 36.1 Å². The Morgan fingerprint density at radius 1 is 1.10 bits per heavy atom. The normalized spacial score (nSPS) is 12.0. The van der Waals surface area contributed by atoms with Crippen molar-refractivity contribution in [1.82, 2.24) is 9.47 Å². The molecule has 0 unspecified atom stereocenters. The van der Waals surface area contributed by atoms with E-state index >= 15 is 0 Å². The van der Waals surface area contributed by atoms with Crippen LogP contribution in [0.4, 0.5) is 5.69 Å². The van der Waals surface area contributed by atoms with Crippen LogP contribution in [-0.4, -0.2) is 27.2 Å². The fraction of sp³-hybridized carbons (Fsp3) is 0.375. The molecule has 3 rings (SSSR count). The van der Waals surface area contributed by atoms with Gasteiger partial charge in [0.25, 0.3) is 0 Å². The van der Waals surface area contributed by atoms with E-state index in [-0.39, 0.29) is 0 Å². The Morgan fingerprint density at radius 2 is 1.83 bits per heavy atom. The standard InChI is InChI=1S/C24H31N3OS/c1-5-18(4)27(24(29)25-20-12-14-21(15-13-20)28-7-3)17-19-16-26(6-2)23-11-9-8-10-22(19)23/h8-16,18H,5-7,17H2,1-4H3,(H,25,29)/t18-/m0/s1. The molecule has 0 saturated carbocycles. The summed E-state index contributed by atoms with van der Waals surface area (Å²) in [6.07, 6.45) is 3.29. The molecule has 0 amide bonds. The van der Waals surface area contributed by atoms with Gasteiger partial charge in [0.1, 0.15) is 5.75 Å². The van der Waals surface area contributed by atoms with Crippen LogP contribution in [0.3, 0.4) is 0 Å². The molecular weight excluding hydrogens is 378 g/mol. The molecule has 5 heteroatoms. The lowest BCUT2D eigenvalue weighted by Crippen LogP contribution is -2.40. The molecule has 0 aliphatic carbocycles. The van der Waals surface area contributed by atoms with Gasteiger partial charge in [0.05, 0.1) is 6.61 Å². The summed E-state index contributed by atoms with van der Waals surface area (Å²) in [4.78, 5) is 2.29. The Kier molecular flexibility index (Phi) is 7.15. The van der Waals surface area contributed by atoms with Crippen molar-refractivity contribution in [2.24, 2.45) is 0 Å². The van der Waals surface area contributed by atoms with Crippen LogP contribution in [-0.2, 0) is 13.1 Å². The summed E-state index contributed by atoms with van der Waals surface area (Å²) in [7, 11) is 0. The molecule has 1 aromatic heterocycles. The minimum atomic E-state index is 0.335. The third kappa shape index (κ3) is 4.91. The number of thiocarbonyl (C=S) groups is 1. The number of fused-ring (bicyclic) bond motifs is 1. The Labute approximate surface area is 179 Å². The number of hydrogen-bond acceptors (Lipinski definition) is 2. The molecule has 0 fully saturated rings. The van der Waals surface area contributed by atoms with Gasteiger partial charge in [0.15, 0.2) is 5.11 Å². The van der Waals surface area contributed by atoms with Gasteiger partial charge in [0, 0.05) is 41.9 Å². The minimum Gasteiger partial charge on any atom is -0.494 e. The lowest BCUT2D eigenvalue weighted by molar-refractivity contribution is 0.320. The lowest BCUT2D eigenvalue weighted by Gasteiger charge is -2.31. The summed E-state index contributed by atoms with van der Waals surface area (Å²) >= 11 is 5.82. The van der Waals surface area contributed by atoms with Crippen LogP contribution in [0.2, 0.25) is 0 Å². The zero-order valence-electron chi connectivity index (χ0n) is 17.8. The molecule has 1 atom stereocenters. The largest absolute Gasteiger partial charge is 0.494 e. The van der Waals surface area contributed by atoms with Crippen LogP contribution in [0.25, 0.3) is 10.9 Å². The lowest BCUT2D eigenvalue weighted by atomic mass is 10.1. The molecule has 29 heavy (non-hydrogen) atoms. The number of aromatic nitrogens is 1. The van der Waals surface area contributed by atoms with Gasteiger partial charge in [-0.15, -0.1) is 0 Å². The van der Waals surface area contributed by atoms with Crippen molar-refractivity contribution in [2.75, 3.05) is 11.9 Å². The van der Waals surface area contributed by atoms with Gasteiger partial charge in [-0.3, -0.25) is 0 Å². The number of para-hydroxylation sites is 1. The smallest absolute Gasteiger partial charge is 0.173 e. The number of rotatable bonds is 8. The predicted octanol–water partition coefficient (Wildman–Crippen LogP) is 6.06. The number of anilines is 1. The Hall–Kier alpha value is -2.53. The van der Waals surface area contributed by atoms with E-state index in [4.69, 9.17) is 17.0 Å². The summed E-state index contributed by atoms with van der Waals surface area (Å²) in [5.74, 6) is 0.870. The van der Waals surface area contributed by atoms with Gasteiger partial charge in [-0.2, -0.15) is 0 Å². The first kappa shape index (κ1) is 21.2. The highest BCUT2D eigenvalue weighted by Gasteiger charge is 2.19. The van der Waals surface area contributed by atoms with Crippen molar-refractivity contribution in [1.29, 1.82) is 0 Å². The molecule has 0 bridgehead atoms. The number of nitrogens with one attached hydrogen (secondary N) is 1. The monoisotopic (exact) mass is 409 g/mol. The molecule has 154 valence electrons. The van der Waals surface area contributed by atoms with Crippen molar-refractivity contribution < 1.29 is 4.74 Å². The van der Waals surface area contributed by atoms with Gasteiger partial charge < -0.3 is 19.5 Å². The van der Waals surface area contributed by atoms with E-state index in [1.165, 1.54) is 16.5 Å². The minimum absolute atomic E-state index is 0.335. The SMILES string of the molecule is CCOc1ccc(NC(=S)N(Cc2cn(CC)c3ccccc23)[C@@H](C)CC)cc1. The van der Waals surface area contributed by atoms with Crippen LogP contribution >= 0.6 is 12.2 Å². The second-order valence-electron chi connectivity index (χ2n) is 7.23. The molecule has 2 aromatic carbocycles. The second-order valence-corrected chi connectivity index (χ2v) is 7.62. The van der Waals surface area contributed by atoms with Gasteiger partial charge in [-0.1, -0.05) is 25.1 Å². The molecule has 1 N–H and O–H groups in total. The molecule has 0 saturated heterocycles. The molecule has 1 heterocycles. The van der Waals surface area contributed by atoms with Crippen molar-refractivity contribution in [2.45, 2.75) is 53.2 Å². The number of hydrogen-bond donors (Lipinski definition) is 1. The first-order valence-electron chi connectivity index (χ1n) is 10.4. The van der Waals surface area contributed by atoms with E-state index in [1.54, 1.807) is 0 Å². The molecule has 3 aromatic rings. The fourth-order valence-electron chi connectivity index (χ4n) is 3.54. The highest BCUT2D eigenvalue weighted by atomic mass is 32.1. The van der Waals surface area contributed by atoms with E-state index in [9.17, 15) is 0 Å². The average molecular weight is 410 g/mol. The van der Waals surface area contributed by atoms with Crippen LogP contribution in [0, 0.1) is 0 Å². The van der Waals surface area contributed by atoms with E-state index < -0.39 is 0 Å². The molecule has 0 spiro atoms. The van der Waals surface area contributed by atoms with Gasteiger partial charge >= 0.3 is 0 Å². The number of benzene rings is 2. The van der Waals surface area contributed by atoms with Crippen LogP contribution in [0.15, 0.2) is 54.7 Å². The highest BCUT2D eigenvalue weighted by molar-refractivity contribution is 7.80. The predicted molar refractivity (Wildman–Crippen MR) is 127 cm³/mol. The van der Waals surface area contributed by atoms with Crippen molar-refractivity contribution >= 4 is 33.9 Å². The van der Waals surface area contributed by atoms with Crippen LogP contribution in [0.5, 0.6) is 5.75 Å². The van der Waals surface area contributed by atoms with Gasteiger partial charge in [-0.05, 0) is 75.3 Å². The zero-order valence-corrected chi connectivity index (χ0v) is 18.6. The number of aryl methyl sites for hydroxylation is 1. The first-order chi connectivity index (χ1) is 14.1. The highest BCUT2D eigenvalue weighted by Crippen LogP contribution is 2.25. The third-order valence-corrected chi connectivity index (χ3v) is 5.69. The molecule has 0 radical (unpaired) electrons. The average Bonchev–Trinajstić information content (AvgIpc) is 3.10. The van der Waals surface area contributed by atoms with Crippen molar-refractivity contribution in [3.63, 3.8) is 0 Å². The van der Waals surface area contributed by atoms with Gasteiger partial charge in [-0.25, -0.2) is 0 Å². The molecule has 0 aliphatic heterocycles. The second kappa shape index (κ2) is 9.79. The molecule has 4 nitrogen and oxygen atoms in total. The third-order valence-electron chi connectivity index (χ3n) is 5.35. The molecule has 0 aliphatic rings. The number of nitrogens with zero attached hydrogens (tertiary/aromatic N) is 2. The summed E-state index contributed by atoms with van der Waals surface area (Å²) < 4.78 is 7.84. The quantitative estimate of drug-likeness (QED) is 0.458. The van der Waals surface area contributed by atoms with E-state index in [2.05, 4.69) is 66.0 Å². The van der Waals surface area contributed by atoms with Crippen molar-refractivity contribution in [3.8, 4) is 5.75 Å². The summed E-state index contributed by atoms with van der Waals surface area (Å²) in [6.45, 7) is 11.0. The summed E-state index contributed by atoms with van der Waals surface area (Å²) in [5, 5.41) is 5.46. The topological polar surface area (TPSA) is 29.4 Å². The molecular formula is C24H31N3OS. The summed E-state index contributed by atoms with van der Waals surface area (Å²) in [5.41, 5.74) is 3.56. The van der Waals surface area contributed by atoms with Gasteiger partial charge in [0.2, 0.25) is 0 Å². The van der Waals surface area contributed by atoms with E-state index in [0.29, 0.717) is 12.6 Å². The maximum absolute atomic E-state index is 5.82. The Morgan fingerprint density at radius 3 is 2.48 bits per heavy atom. The van der Waals surface area contributed by atoms with E-state index in [1.807, 2.05) is 31.2 Å². The Balaban J connectivity index is 1.82. The van der Waals surface area contributed by atoms with Crippen LogP contribution in [0.1, 0.15) is 39.7 Å². The zero-order chi connectivity index (χ0) is 20.8. The Bertz CT molecular complexity index is 948. The fourth-order valence-corrected chi connectivity index (χ4v) is 3.90. The summed E-state index contributed by atoms with van der Waals surface area (Å²) in [6, 6.07) is 16.9. The van der Waals surface area contributed by atoms with Crippen molar-refractivity contribution in [3.05, 3.63) is 60.3 Å². The first-order valence-corrected chi connectivity index (χ1v) is 10.8. The maximum Gasteiger partial charge on any atom is 0.173 e. The van der Waals surface area contributed by atoms with Crippen LogP contribution < -0.4 is 10.1 Å². The maximum atomic E-state index is 5.82.